The van der Waals surface area contributed by atoms with Gasteiger partial charge in [-0.3, -0.25) is 23.3 Å². The van der Waals surface area contributed by atoms with Gasteiger partial charge in [0.2, 0.25) is 12.2 Å². The number of aromatic nitrogens is 9. The smallest absolute Gasteiger partial charge is 0.282 e. The minimum absolute atomic E-state index is 0.0113. The molecule has 0 spiro atoms. The molecule has 0 fully saturated rings. The third-order valence-electron chi connectivity index (χ3n) is 6.57. The fourth-order valence-electron chi connectivity index (χ4n) is 4.36. The first-order valence-electron chi connectivity index (χ1n) is 12.6. The number of nitrogens with one attached hydrogen (secondary N) is 2. The molecule has 236 valence electrons. The fraction of sp³-hybridized carbons (Fsp3) is 0.571. The molecule has 4 aromatic rings. The number of hydrogen-bond donors (Lipinski definition) is 4. The topological polar surface area (TPSA) is 212 Å². The van der Waals surface area contributed by atoms with Gasteiger partial charge < -0.3 is 29.2 Å². The van der Waals surface area contributed by atoms with Crippen molar-refractivity contribution >= 4 is 59.5 Å². The Morgan fingerprint density at radius 1 is 1.12 bits per heavy atom. The number of halogens is 2. The van der Waals surface area contributed by atoms with Crippen LogP contribution in [0.15, 0.2) is 22.2 Å². The summed E-state index contributed by atoms with van der Waals surface area (Å²) in [5.74, 6) is -1.11. The third-order valence-corrected chi connectivity index (χ3v) is 7.84. The third kappa shape index (κ3) is 7.34. The first-order chi connectivity index (χ1) is 20.7. The van der Waals surface area contributed by atoms with Crippen molar-refractivity contribution in [3.05, 3.63) is 33.4 Å². The normalized spacial score (nSPS) is 16.6. The molecule has 0 aliphatic heterocycles. The predicted molar refractivity (Wildman–Crippen MR) is 157 cm³/mol. The van der Waals surface area contributed by atoms with Crippen molar-refractivity contribution in [1.82, 2.24) is 44.5 Å². The zero-order chi connectivity index (χ0) is 31.1. The van der Waals surface area contributed by atoms with Crippen LogP contribution in [0, 0.1) is 5.92 Å². The van der Waals surface area contributed by atoms with Crippen molar-refractivity contribution in [1.29, 1.82) is 0 Å². The Morgan fingerprint density at radius 3 is 2.58 bits per heavy atom. The van der Waals surface area contributed by atoms with Crippen LogP contribution in [0.4, 0.5) is 14.7 Å². The number of rotatable bonds is 17. The molecule has 0 aromatic carbocycles. The molecule has 0 aliphatic rings. The highest BCUT2D eigenvalue weighted by molar-refractivity contribution is 7.75. The lowest BCUT2D eigenvalue weighted by atomic mass is 10.0. The van der Waals surface area contributed by atoms with Gasteiger partial charge in [0.05, 0.1) is 44.0 Å². The molecule has 0 radical (unpaired) electrons. The van der Waals surface area contributed by atoms with Gasteiger partial charge >= 0.3 is 0 Å². The number of H-pyrrole nitrogens is 2. The quantitative estimate of drug-likeness (QED) is 0.0533. The molecule has 0 bridgehead atoms. The summed E-state index contributed by atoms with van der Waals surface area (Å²) in [5.41, 5.74) is 4.25. The van der Waals surface area contributed by atoms with Crippen molar-refractivity contribution in [2.75, 3.05) is 39.3 Å². The van der Waals surface area contributed by atoms with Crippen LogP contribution < -0.4 is 16.9 Å². The first kappa shape index (κ1) is 33.2. The highest BCUT2D eigenvalue weighted by Gasteiger charge is 2.35. The van der Waals surface area contributed by atoms with Crippen molar-refractivity contribution in [3.8, 4) is 0 Å². The number of imidazole rings is 1. The number of methoxy groups -OCH3 is 2. The fourth-order valence-corrected chi connectivity index (χ4v) is 5.61. The van der Waals surface area contributed by atoms with Crippen LogP contribution in [0.25, 0.3) is 22.3 Å². The molecular weight excluding hydrogens is 636 g/mol. The van der Waals surface area contributed by atoms with Crippen LogP contribution in [0.1, 0.15) is 18.9 Å². The maximum atomic E-state index is 15.9. The lowest BCUT2D eigenvalue weighted by molar-refractivity contribution is -0.0480. The Balaban J connectivity index is 1.40. The summed E-state index contributed by atoms with van der Waals surface area (Å²) >= 11 is 3.78. The van der Waals surface area contributed by atoms with Crippen molar-refractivity contribution in [2.45, 2.75) is 37.3 Å². The molecule has 4 aromatic heterocycles. The molecule has 0 amide bonds. The highest BCUT2D eigenvalue weighted by Crippen LogP contribution is 2.31. The van der Waals surface area contributed by atoms with Crippen LogP contribution in [-0.4, -0.2) is 96.5 Å². The van der Waals surface area contributed by atoms with Gasteiger partial charge in [-0.2, -0.15) is 9.67 Å². The zero-order valence-electron chi connectivity index (χ0n) is 22.8. The Labute approximate surface area is 251 Å². The Kier molecular flexibility index (Phi) is 11.8. The van der Waals surface area contributed by atoms with Crippen LogP contribution in [0.3, 0.4) is 0 Å². The number of fused-ring (bicyclic) bond motifs is 2. The number of alkyl halides is 2. The molecule has 0 aliphatic carbocycles. The SMILES string of the molecule is CO[C@H](CCPOC[C@H]([C@@H](COP)OC)[C@H](F)n1cnc2c(=O)[nH]cnc21)[C@H](F)[C@@H](OS)n1nnc2c(=O)[nH]c(N)nc21. The van der Waals surface area contributed by atoms with Crippen LogP contribution in [0.2, 0.25) is 0 Å². The first-order valence-corrected chi connectivity index (χ1v) is 14.5. The summed E-state index contributed by atoms with van der Waals surface area (Å²) in [7, 11) is 4.63. The number of ether oxygens (including phenoxy) is 2. The van der Waals surface area contributed by atoms with E-state index in [0.29, 0.717) is 6.16 Å². The van der Waals surface area contributed by atoms with Crippen LogP contribution >= 0.6 is 31.2 Å². The summed E-state index contributed by atoms with van der Waals surface area (Å²) in [6, 6.07) is 0. The van der Waals surface area contributed by atoms with E-state index in [-0.39, 0.29) is 56.7 Å². The number of anilines is 1. The molecule has 22 heteroatoms. The predicted octanol–water partition coefficient (Wildman–Crippen LogP) is 0.849. The van der Waals surface area contributed by atoms with Gasteiger partial charge in [-0.1, -0.05) is 5.21 Å². The zero-order valence-corrected chi connectivity index (χ0v) is 25.8. The molecule has 43 heavy (non-hydrogen) atoms. The lowest BCUT2D eigenvalue weighted by Crippen LogP contribution is -2.35. The van der Waals surface area contributed by atoms with E-state index in [4.69, 9.17) is 28.4 Å². The molecule has 4 heterocycles. The van der Waals surface area contributed by atoms with E-state index in [1.165, 1.54) is 20.5 Å². The Hall–Kier alpha value is -2.70. The molecule has 17 nitrogen and oxygen atoms in total. The van der Waals surface area contributed by atoms with Crippen LogP contribution in [0.5, 0.6) is 0 Å². The Morgan fingerprint density at radius 2 is 1.88 bits per heavy atom. The average Bonchev–Trinajstić information content (AvgIpc) is 3.62. The number of aromatic amines is 2. The second-order valence-corrected chi connectivity index (χ2v) is 10.7. The number of nitrogens with zero attached hydrogens (tertiary/aromatic N) is 7. The highest BCUT2D eigenvalue weighted by atomic mass is 32.1. The average molecular weight is 667 g/mol. The maximum absolute atomic E-state index is 15.9. The van der Waals surface area contributed by atoms with Gasteiger partial charge in [0.25, 0.3) is 11.1 Å². The summed E-state index contributed by atoms with van der Waals surface area (Å²) in [6.45, 7) is -0.0796. The van der Waals surface area contributed by atoms with E-state index in [2.05, 4.69) is 57.6 Å². The molecule has 2 unspecified atom stereocenters. The van der Waals surface area contributed by atoms with E-state index in [0.717, 1.165) is 15.6 Å². The number of hydrogen-bond acceptors (Lipinski definition) is 14. The molecule has 8 atom stereocenters. The molecule has 4 N–H and O–H groups in total. The summed E-state index contributed by atoms with van der Waals surface area (Å²) in [4.78, 5) is 40.7. The monoisotopic (exact) mass is 666 g/mol. The lowest BCUT2D eigenvalue weighted by Gasteiger charge is -2.29. The van der Waals surface area contributed by atoms with E-state index in [1.807, 2.05) is 0 Å². The second kappa shape index (κ2) is 15.3. The van der Waals surface area contributed by atoms with E-state index in [1.54, 1.807) is 0 Å². The van der Waals surface area contributed by atoms with E-state index in [9.17, 15) is 9.59 Å². The molecule has 4 rings (SSSR count). The molecular formula is C21H30F2N10O7P2S. The largest absolute Gasteiger partial charge is 0.378 e. The van der Waals surface area contributed by atoms with Gasteiger partial charge in [-0.15, -0.1) is 5.10 Å². The Bertz CT molecular complexity index is 1610. The summed E-state index contributed by atoms with van der Waals surface area (Å²) < 4.78 is 60.3. The van der Waals surface area contributed by atoms with Gasteiger partial charge in [0.15, 0.2) is 34.8 Å². The maximum Gasteiger partial charge on any atom is 0.282 e. The van der Waals surface area contributed by atoms with Gasteiger partial charge in [-0.05, 0) is 25.5 Å². The number of nitrogen functional groups attached to an aromatic ring is 1. The van der Waals surface area contributed by atoms with Crippen molar-refractivity contribution in [3.63, 3.8) is 0 Å². The minimum Gasteiger partial charge on any atom is -0.378 e. The van der Waals surface area contributed by atoms with Gasteiger partial charge in [-0.25, -0.2) is 18.7 Å². The standard InChI is InChI=1S/C21H30F2N10O7P2S/c1-36-10(12(22)20(40-43)33-17-14(30-31-33)19(35)29-21(24)28-17)3-4-42-39-5-9(11(37-2)6-38-41)15(23)32-8-27-13-16(32)25-7-26-18(13)34/h7-12,15,20,42-43H,3-6,41H2,1-2H3,(H,25,26,34)(H3,24,28,29,35)/t9-,10-,11-,12+,15-,20-/m1/s1. The number of nitrogens with two attached hydrogens (primary N) is 1. The van der Waals surface area contributed by atoms with E-state index < -0.39 is 47.9 Å². The van der Waals surface area contributed by atoms with Gasteiger partial charge in [0.1, 0.15) is 0 Å². The summed E-state index contributed by atoms with van der Waals surface area (Å²) in [6.07, 6.45) is -3.95. The minimum atomic E-state index is -1.83. The summed E-state index contributed by atoms with van der Waals surface area (Å²) in [5, 5.41) is 7.50. The van der Waals surface area contributed by atoms with Crippen LogP contribution in [-0.2, 0) is 22.7 Å². The van der Waals surface area contributed by atoms with E-state index >= 15 is 8.78 Å². The number of thiol groups is 1. The molecule has 0 saturated carbocycles. The molecule has 0 saturated heterocycles. The van der Waals surface area contributed by atoms with Crippen molar-refractivity contribution < 1.29 is 31.5 Å². The second-order valence-electron chi connectivity index (χ2n) is 9.07. The van der Waals surface area contributed by atoms with Crippen molar-refractivity contribution in [2.24, 2.45) is 5.92 Å². The van der Waals surface area contributed by atoms with Gasteiger partial charge in [0, 0.05) is 32.5 Å².